The highest BCUT2D eigenvalue weighted by Crippen LogP contribution is 2.14. The molecule has 0 radical (unpaired) electrons. The van der Waals surface area contributed by atoms with Crippen LogP contribution in [0, 0.1) is 5.92 Å². The van der Waals surface area contributed by atoms with Crippen LogP contribution in [0.1, 0.15) is 40.5 Å². The fourth-order valence-corrected chi connectivity index (χ4v) is 3.93. The molecule has 2 rings (SSSR count). The van der Waals surface area contributed by atoms with Gasteiger partial charge in [0.25, 0.3) is 0 Å². The third-order valence-corrected chi connectivity index (χ3v) is 5.74. The minimum absolute atomic E-state index is 0.246. The molecule has 2 heterocycles. The molecule has 0 aliphatic carbocycles. The van der Waals surface area contributed by atoms with E-state index < -0.39 is 0 Å². The predicted molar refractivity (Wildman–Crippen MR) is 112 cm³/mol. The highest BCUT2D eigenvalue weighted by molar-refractivity contribution is 5.80. The molecule has 2 aliphatic heterocycles. The number of carbonyl (C=O) groups is 1. The minimum Gasteiger partial charge on any atom is -0.357 e. The first kappa shape index (κ1) is 22.0. The van der Waals surface area contributed by atoms with Gasteiger partial charge in [0.15, 0.2) is 5.96 Å². The number of aliphatic imine (C=N–C) groups is 1. The van der Waals surface area contributed by atoms with Crippen LogP contribution >= 0.6 is 0 Å². The van der Waals surface area contributed by atoms with E-state index >= 15 is 0 Å². The van der Waals surface area contributed by atoms with Crippen molar-refractivity contribution in [2.75, 3.05) is 59.4 Å². The van der Waals surface area contributed by atoms with E-state index in [-0.39, 0.29) is 5.91 Å². The Kier molecular flexibility index (Phi) is 8.83. The van der Waals surface area contributed by atoms with Crippen LogP contribution in [0.5, 0.6) is 0 Å². The van der Waals surface area contributed by atoms with Gasteiger partial charge in [-0.2, -0.15) is 0 Å². The van der Waals surface area contributed by atoms with E-state index in [1.807, 2.05) is 11.8 Å². The number of carbonyl (C=O) groups excluding carboxylic acids is 1. The fraction of sp³-hybridized carbons (Fsp3) is 0.900. The highest BCUT2D eigenvalue weighted by atomic mass is 16.2. The van der Waals surface area contributed by atoms with E-state index in [0.717, 1.165) is 64.7 Å². The standard InChI is InChI=1S/C20H40N6O/c1-6-19(27)26-9-8-17(15-26)23-20(21-7-2)22-14-18(16(3)4)25-12-10-24(5)11-13-25/h16-18H,6-15H2,1-5H3,(H2,21,22,23). The molecule has 2 saturated heterocycles. The maximum absolute atomic E-state index is 11.9. The molecule has 0 saturated carbocycles. The lowest BCUT2D eigenvalue weighted by Gasteiger charge is -2.39. The van der Waals surface area contributed by atoms with E-state index in [0.29, 0.717) is 24.4 Å². The summed E-state index contributed by atoms with van der Waals surface area (Å²) in [7, 11) is 2.20. The van der Waals surface area contributed by atoms with Crippen LogP contribution < -0.4 is 10.6 Å². The number of likely N-dealkylation sites (N-methyl/N-ethyl adjacent to an activating group) is 1. The van der Waals surface area contributed by atoms with Crippen LogP contribution in [0.4, 0.5) is 0 Å². The summed E-state index contributed by atoms with van der Waals surface area (Å²) in [6, 6.07) is 0.760. The zero-order valence-electron chi connectivity index (χ0n) is 18.0. The lowest BCUT2D eigenvalue weighted by molar-refractivity contribution is -0.129. The summed E-state index contributed by atoms with van der Waals surface area (Å²) >= 11 is 0. The number of nitrogens with one attached hydrogen (secondary N) is 2. The monoisotopic (exact) mass is 380 g/mol. The third kappa shape index (κ3) is 6.64. The quantitative estimate of drug-likeness (QED) is 0.506. The Morgan fingerprint density at radius 1 is 1.15 bits per heavy atom. The second kappa shape index (κ2) is 10.9. The van der Waals surface area contributed by atoms with E-state index in [4.69, 9.17) is 4.99 Å². The summed E-state index contributed by atoms with van der Waals surface area (Å²) in [4.78, 5) is 23.8. The number of guanidine groups is 1. The molecule has 0 bridgehead atoms. The van der Waals surface area contributed by atoms with Crippen LogP contribution in [-0.2, 0) is 4.79 Å². The lowest BCUT2D eigenvalue weighted by atomic mass is 10.0. The first-order chi connectivity index (χ1) is 12.9. The van der Waals surface area contributed by atoms with Gasteiger partial charge in [-0.3, -0.25) is 14.7 Å². The predicted octanol–water partition coefficient (Wildman–Crippen LogP) is 0.824. The van der Waals surface area contributed by atoms with Gasteiger partial charge in [0.1, 0.15) is 0 Å². The number of rotatable bonds is 7. The van der Waals surface area contributed by atoms with Crippen LogP contribution in [0.25, 0.3) is 0 Å². The van der Waals surface area contributed by atoms with Crippen molar-refractivity contribution >= 4 is 11.9 Å². The maximum atomic E-state index is 11.9. The summed E-state index contributed by atoms with van der Waals surface area (Å²) in [6.07, 6.45) is 1.57. The number of piperazine rings is 1. The molecule has 27 heavy (non-hydrogen) atoms. The van der Waals surface area contributed by atoms with E-state index in [9.17, 15) is 4.79 Å². The van der Waals surface area contributed by atoms with Crippen molar-refractivity contribution in [3.8, 4) is 0 Å². The average Bonchev–Trinajstić information content (AvgIpc) is 3.11. The highest BCUT2D eigenvalue weighted by Gasteiger charge is 2.27. The van der Waals surface area contributed by atoms with E-state index in [1.54, 1.807) is 0 Å². The molecular weight excluding hydrogens is 340 g/mol. The Balaban J connectivity index is 1.93. The van der Waals surface area contributed by atoms with Gasteiger partial charge in [-0.1, -0.05) is 20.8 Å². The van der Waals surface area contributed by atoms with Gasteiger partial charge >= 0.3 is 0 Å². The molecule has 2 fully saturated rings. The van der Waals surface area contributed by atoms with Gasteiger partial charge in [0.2, 0.25) is 5.91 Å². The Hall–Kier alpha value is -1.34. The number of amides is 1. The van der Waals surface area contributed by atoms with Crippen molar-refractivity contribution < 1.29 is 4.79 Å². The average molecular weight is 381 g/mol. The summed E-state index contributed by atoms with van der Waals surface area (Å²) < 4.78 is 0. The largest absolute Gasteiger partial charge is 0.357 e. The molecular formula is C20H40N6O. The number of hydrogen-bond donors (Lipinski definition) is 2. The second-order valence-corrected chi connectivity index (χ2v) is 8.19. The fourth-order valence-electron chi connectivity index (χ4n) is 3.93. The number of nitrogens with zero attached hydrogens (tertiary/aromatic N) is 4. The molecule has 2 N–H and O–H groups in total. The molecule has 156 valence electrons. The Labute approximate surface area is 165 Å². The Bertz CT molecular complexity index is 487. The molecule has 0 spiro atoms. The van der Waals surface area contributed by atoms with Gasteiger partial charge in [0, 0.05) is 64.3 Å². The molecule has 2 aliphatic rings. The molecule has 2 unspecified atom stereocenters. The maximum Gasteiger partial charge on any atom is 0.222 e. The van der Waals surface area contributed by atoms with Gasteiger partial charge in [-0.05, 0) is 26.3 Å². The van der Waals surface area contributed by atoms with Crippen molar-refractivity contribution in [2.45, 2.75) is 52.6 Å². The lowest BCUT2D eigenvalue weighted by Crippen LogP contribution is -2.52. The molecule has 1 amide bonds. The topological polar surface area (TPSA) is 63.2 Å². The number of likely N-dealkylation sites (tertiary alicyclic amines) is 1. The third-order valence-electron chi connectivity index (χ3n) is 5.74. The Morgan fingerprint density at radius 3 is 2.44 bits per heavy atom. The summed E-state index contributed by atoms with van der Waals surface area (Å²) in [5, 5.41) is 6.93. The van der Waals surface area contributed by atoms with Gasteiger partial charge in [0.05, 0.1) is 6.54 Å². The van der Waals surface area contributed by atoms with E-state index in [1.165, 1.54) is 0 Å². The molecule has 7 heteroatoms. The first-order valence-corrected chi connectivity index (χ1v) is 10.7. The molecule has 0 aromatic heterocycles. The molecule has 7 nitrogen and oxygen atoms in total. The Morgan fingerprint density at radius 2 is 1.85 bits per heavy atom. The summed E-state index contributed by atoms with van der Waals surface area (Å²) in [5.41, 5.74) is 0. The number of hydrogen-bond acceptors (Lipinski definition) is 4. The van der Waals surface area contributed by atoms with Crippen LogP contribution in [0.15, 0.2) is 4.99 Å². The molecule has 2 atom stereocenters. The minimum atomic E-state index is 0.246. The van der Waals surface area contributed by atoms with Gasteiger partial charge in [-0.15, -0.1) is 0 Å². The van der Waals surface area contributed by atoms with Crippen LogP contribution in [0.2, 0.25) is 0 Å². The van der Waals surface area contributed by atoms with E-state index in [2.05, 4.69) is 48.3 Å². The SMILES string of the molecule is CCNC(=NCC(C(C)C)N1CCN(C)CC1)NC1CCN(C(=O)CC)C1. The van der Waals surface area contributed by atoms with Gasteiger partial charge in [-0.25, -0.2) is 0 Å². The van der Waals surface area contributed by atoms with Crippen molar-refractivity contribution in [3.05, 3.63) is 0 Å². The smallest absolute Gasteiger partial charge is 0.222 e. The zero-order valence-corrected chi connectivity index (χ0v) is 18.0. The van der Waals surface area contributed by atoms with Crippen molar-refractivity contribution in [2.24, 2.45) is 10.9 Å². The first-order valence-electron chi connectivity index (χ1n) is 10.7. The van der Waals surface area contributed by atoms with Crippen LogP contribution in [0.3, 0.4) is 0 Å². The van der Waals surface area contributed by atoms with Crippen molar-refractivity contribution in [1.29, 1.82) is 0 Å². The van der Waals surface area contributed by atoms with Crippen molar-refractivity contribution in [3.63, 3.8) is 0 Å². The summed E-state index contributed by atoms with van der Waals surface area (Å²) in [5.74, 6) is 1.70. The molecule has 0 aromatic carbocycles. The van der Waals surface area contributed by atoms with Gasteiger partial charge < -0.3 is 20.4 Å². The van der Waals surface area contributed by atoms with Crippen LogP contribution in [-0.4, -0.2) is 98.1 Å². The molecule has 0 aromatic rings. The van der Waals surface area contributed by atoms with Crippen molar-refractivity contribution in [1.82, 2.24) is 25.3 Å². The second-order valence-electron chi connectivity index (χ2n) is 8.19. The zero-order chi connectivity index (χ0) is 19.8. The summed E-state index contributed by atoms with van der Waals surface area (Å²) in [6.45, 7) is 16.4. The normalized spacial score (nSPS) is 23.7.